The van der Waals surface area contributed by atoms with Gasteiger partial charge in [-0.3, -0.25) is 14.8 Å². The Balaban J connectivity index is 1.72. The molecule has 13 heteroatoms. The topological polar surface area (TPSA) is 134 Å². The van der Waals surface area contributed by atoms with Crippen LogP contribution in [0.4, 0.5) is 21.9 Å². The number of hydrogen-bond acceptors (Lipinski definition) is 7. The van der Waals surface area contributed by atoms with Gasteiger partial charge in [0.05, 0.1) is 21.7 Å². The Morgan fingerprint density at radius 2 is 1.85 bits per heavy atom. The third-order valence-electron chi connectivity index (χ3n) is 5.60. The van der Waals surface area contributed by atoms with Gasteiger partial charge >= 0.3 is 6.03 Å². The average Bonchev–Trinajstić information content (AvgIpc) is 3.27. The second-order valence-electron chi connectivity index (χ2n) is 7.49. The fourth-order valence-corrected chi connectivity index (χ4v) is 5.22. The lowest BCUT2D eigenvalue weighted by Crippen LogP contribution is -2.50. The summed E-state index contributed by atoms with van der Waals surface area (Å²) in [5, 5.41) is 18.7. The van der Waals surface area contributed by atoms with E-state index in [1.807, 2.05) is 6.92 Å². The lowest BCUT2D eigenvalue weighted by Gasteiger charge is -2.35. The summed E-state index contributed by atoms with van der Waals surface area (Å²) < 4.78 is 28.5. The third-order valence-corrected chi connectivity index (χ3v) is 7.65. The first-order chi connectivity index (χ1) is 15.7. The fourth-order valence-electron chi connectivity index (χ4n) is 3.74. The van der Waals surface area contributed by atoms with Crippen LogP contribution in [-0.2, 0) is 16.6 Å². The van der Waals surface area contributed by atoms with Crippen LogP contribution >= 0.6 is 0 Å². The van der Waals surface area contributed by atoms with Crippen LogP contribution in [0.15, 0.2) is 35.5 Å². The molecule has 0 saturated carbocycles. The van der Waals surface area contributed by atoms with Crippen LogP contribution in [-0.4, -0.2) is 77.6 Å². The summed E-state index contributed by atoms with van der Waals surface area (Å²) in [5.41, 5.74) is 0.667. The maximum absolute atomic E-state index is 12.8. The number of aryl methyl sites for hydroxylation is 1. The summed E-state index contributed by atoms with van der Waals surface area (Å²) in [7, 11) is -3.81. The Labute approximate surface area is 193 Å². The van der Waals surface area contributed by atoms with Crippen molar-refractivity contribution in [3.63, 3.8) is 0 Å². The van der Waals surface area contributed by atoms with Crippen LogP contribution in [0.5, 0.6) is 0 Å². The molecule has 1 aliphatic heterocycles. The van der Waals surface area contributed by atoms with Crippen molar-refractivity contribution >= 4 is 33.1 Å². The first kappa shape index (κ1) is 24.5. The molecule has 3 rings (SSSR count). The van der Waals surface area contributed by atoms with Crippen molar-refractivity contribution in [1.82, 2.24) is 19.0 Å². The predicted molar refractivity (Wildman–Crippen MR) is 124 cm³/mol. The molecule has 1 fully saturated rings. The second kappa shape index (κ2) is 10.2. The van der Waals surface area contributed by atoms with E-state index in [9.17, 15) is 23.3 Å². The van der Waals surface area contributed by atoms with Gasteiger partial charge in [-0.2, -0.15) is 9.40 Å². The van der Waals surface area contributed by atoms with Gasteiger partial charge in [0.25, 0.3) is 5.69 Å². The number of anilines is 2. The Morgan fingerprint density at radius 3 is 2.39 bits per heavy atom. The van der Waals surface area contributed by atoms with Crippen molar-refractivity contribution in [2.45, 2.75) is 32.2 Å². The minimum Gasteiger partial charge on any atom is -0.362 e. The van der Waals surface area contributed by atoms with Crippen LogP contribution in [0, 0.1) is 10.1 Å². The number of amides is 2. The Bertz CT molecular complexity index is 1110. The van der Waals surface area contributed by atoms with Crippen LogP contribution in [0.25, 0.3) is 0 Å². The number of hydrogen-bond donors (Lipinski definition) is 1. The molecule has 1 aromatic carbocycles. The molecule has 0 spiro atoms. The number of carbonyl (C=O) groups is 1. The van der Waals surface area contributed by atoms with Crippen molar-refractivity contribution in [2.24, 2.45) is 0 Å². The lowest BCUT2D eigenvalue weighted by atomic mass is 10.2. The maximum Gasteiger partial charge on any atom is 0.322 e. The molecule has 180 valence electrons. The summed E-state index contributed by atoms with van der Waals surface area (Å²) in [6.45, 7) is 8.12. The molecule has 0 radical (unpaired) electrons. The van der Waals surface area contributed by atoms with Crippen LogP contribution in [0.1, 0.15) is 20.8 Å². The van der Waals surface area contributed by atoms with Crippen molar-refractivity contribution in [2.75, 3.05) is 49.5 Å². The normalized spacial score (nSPS) is 14.5. The van der Waals surface area contributed by atoms with Gasteiger partial charge in [-0.15, -0.1) is 0 Å². The van der Waals surface area contributed by atoms with Crippen molar-refractivity contribution in [3.05, 3.63) is 40.7 Å². The summed E-state index contributed by atoms with van der Waals surface area (Å²) in [5.74, 6) is 0. The van der Waals surface area contributed by atoms with E-state index >= 15 is 0 Å². The Kier molecular flexibility index (Phi) is 7.53. The lowest BCUT2D eigenvalue weighted by molar-refractivity contribution is -0.384. The molecule has 33 heavy (non-hydrogen) atoms. The SMILES string of the molecule is CCN(CC)S(=O)(=O)c1ccc(N2CCN(C(=O)Nc3cnn(CC)c3)CC2)c([N+](=O)[O-])c1. The van der Waals surface area contributed by atoms with E-state index in [0.717, 1.165) is 6.07 Å². The summed E-state index contributed by atoms with van der Waals surface area (Å²) in [6, 6.07) is 3.73. The number of aromatic nitrogens is 2. The molecular weight excluding hydrogens is 450 g/mol. The van der Waals surface area contributed by atoms with Gasteiger partial charge < -0.3 is 15.1 Å². The number of carbonyl (C=O) groups excluding carboxylic acids is 1. The largest absolute Gasteiger partial charge is 0.362 e. The monoisotopic (exact) mass is 479 g/mol. The highest BCUT2D eigenvalue weighted by molar-refractivity contribution is 7.89. The number of piperazine rings is 1. The first-order valence-corrected chi connectivity index (χ1v) is 12.3. The third kappa shape index (κ3) is 5.25. The Morgan fingerprint density at radius 1 is 1.18 bits per heavy atom. The van der Waals surface area contributed by atoms with E-state index in [1.54, 1.807) is 40.7 Å². The van der Waals surface area contributed by atoms with Crippen molar-refractivity contribution in [3.8, 4) is 0 Å². The molecule has 2 aromatic rings. The van der Waals surface area contributed by atoms with Gasteiger partial charge in [0.15, 0.2) is 0 Å². The van der Waals surface area contributed by atoms with Crippen molar-refractivity contribution in [1.29, 1.82) is 0 Å². The minimum absolute atomic E-state index is 0.104. The standard InChI is InChI=1S/C20H29N7O5S/c1-4-25-15-16(14-21-25)22-20(28)24-11-9-23(10-12-24)18-8-7-17(13-19(18)27(29)30)33(31,32)26(5-2)6-3/h7-8,13-15H,4-6,9-12H2,1-3H3,(H,22,28). The molecule has 1 aliphatic rings. The highest BCUT2D eigenvalue weighted by atomic mass is 32.2. The zero-order chi connectivity index (χ0) is 24.2. The molecule has 0 bridgehead atoms. The molecule has 1 N–H and O–H groups in total. The number of nitro groups is 1. The van der Waals surface area contributed by atoms with E-state index in [1.165, 1.54) is 16.4 Å². The van der Waals surface area contributed by atoms with E-state index in [0.29, 0.717) is 44.1 Å². The Hall–Kier alpha value is -3.19. The van der Waals surface area contributed by atoms with Gasteiger partial charge in [-0.05, 0) is 19.1 Å². The van der Waals surface area contributed by atoms with Gasteiger partial charge in [-0.1, -0.05) is 13.8 Å². The molecule has 0 unspecified atom stereocenters. The molecule has 0 atom stereocenters. The summed E-state index contributed by atoms with van der Waals surface area (Å²) in [6.07, 6.45) is 3.32. The number of benzene rings is 1. The molecule has 12 nitrogen and oxygen atoms in total. The molecule has 2 amide bonds. The van der Waals surface area contributed by atoms with Crippen LogP contribution < -0.4 is 10.2 Å². The van der Waals surface area contributed by atoms with E-state index in [2.05, 4.69) is 10.4 Å². The minimum atomic E-state index is -3.81. The predicted octanol–water partition coefficient (Wildman–Crippen LogP) is 2.20. The molecule has 0 aliphatic carbocycles. The van der Waals surface area contributed by atoms with Gasteiger partial charge in [0.1, 0.15) is 5.69 Å². The van der Waals surface area contributed by atoms with Gasteiger partial charge in [-0.25, -0.2) is 13.2 Å². The van der Waals surface area contributed by atoms with E-state index < -0.39 is 14.9 Å². The number of rotatable bonds is 8. The highest BCUT2D eigenvalue weighted by Gasteiger charge is 2.29. The smallest absolute Gasteiger partial charge is 0.322 e. The fraction of sp³-hybridized carbons (Fsp3) is 0.500. The quantitative estimate of drug-likeness (QED) is 0.453. The zero-order valence-electron chi connectivity index (χ0n) is 19.0. The average molecular weight is 480 g/mol. The number of sulfonamides is 1. The highest BCUT2D eigenvalue weighted by Crippen LogP contribution is 2.32. The number of nitrogens with zero attached hydrogens (tertiary/aromatic N) is 6. The molecular formula is C20H29N7O5S. The molecule has 2 heterocycles. The summed E-state index contributed by atoms with van der Waals surface area (Å²) >= 11 is 0. The number of nitrogens with one attached hydrogen (secondary N) is 1. The van der Waals surface area contributed by atoms with Crippen LogP contribution in [0.2, 0.25) is 0 Å². The first-order valence-electron chi connectivity index (χ1n) is 10.8. The molecule has 1 aromatic heterocycles. The van der Waals surface area contributed by atoms with Gasteiger partial charge in [0.2, 0.25) is 10.0 Å². The summed E-state index contributed by atoms with van der Waals surface area (Å²) in [4.78, 5) is 27.0. The maximum atomic E-state index is 12.8. The number of urea groups is 1. The van der Waals surface area contributed by atoms with Gasteiger partial charge in [0, 0.05) is 58.1 Å². The second-order valence-corrected chi connectivity index (χ2v) is 9.42. The van der Waals surface area contributed by atoms with E-state index in [-0.39, 0.29) is 29.7 Å². The van der Waals surface area contributed by atoms with Crippen LogP contribution in [0.3, 0.4) is 0 Å². The zero-order valence-corrected chi connectivity index (χ0v) is 19.8. The molecule has 1 saturated heterocycles. The van der Waals surface area contributed by atoms with E-state index in [4.69, 9.17) is 0 Å². The number of nitro benzene ring substituents is 1. The van der Waals surface area contributed by atoms with Crippen molar-refractivity contribution < 1.29 is 18.1 Å².